The molecule has 0 unspecified atom stereocenters. The van der Waals surface area contributed by atoms with Gasteiger partial charge in [0.2, 0.25) is 10.0 Å². The first-order valence-electron chi connectivity index (χ1n) is 7.87. The van der Waals surface area contributed by atoms with E-state index in [-0.39, 0.29) is 16.6 Å². The van der Waals surface area contributed by atoms with Gasteiger partial charge in [0, 0.05) is 20.6 Å². The lowest BCUT2D eigenvalue weighted by molar-refractivity contribution is 0.448. The zero-order chi connectivity index (χ0) is 18.4. The van der Waals surface area contributed by atoms with Crippen LogP contribution < -0.4 is 0 Å². The van der Waals surface area contributed by atoms with Gasteiger partial charge in [-0.1, -0.05) is 23.7 Å². The molecule has 2 heterocycles. The topological polar surface area (TPSA) is 73.0 Å². The predicted molar refractivity (Wildman–Crippen MR) is 97.0 cm³/mol. The molecule has 0 aliphatic rings. The molecule has 0 aliphatic heterocycles. The molecule has 0 saturated carbocycles. The Kier molecular flexibility index (Phi) is 4.61. The van der Waals surface area contributed by atoms with Crippen molar-refractivity contribution in [2.75, 3.05) is 7.05 Å². The van der Waals surface area contributed by atoms with Crippen LogP contribution in [0.25, 0.3) is 11.0 Å². The third kappa shape index (κ3) is 2.94. The number of para-hydroxylation sites is 2. The average Bonchev–Trinajstić information content (AvgIpc) is 3.03. The SMILES string of the molecule is CCn1c(CN(C)S(=O)(=O)c2c(C)nn(C)c2Cl)nc2ccccc21. The summed E-state index contributed by atoms with van der Waals surface area (Å²) >= 11 is 6.14. The van der Waals surface area contributed by atoms with Gasteiger partial charge in [0.05, 0.1) is 23.3 Å². The first-order valence-corrected chi connectivity index (χ1v) is 9.68. The first-order chi connectivity index (χ1) is 11.8. The van der Waals surface area contributed by atoms with E-state index in [4.69, 9.17) is 11.6 Å². The number of sulfonamides is 1. The zero-order valence-corrected chi connectivity index (χ0v) is 16.1. The highest BCUT2D eigenvalue weighted by molar-refractivity contribution is 7.89. The molecule has 0 atom stereocenters. The molecule has 0 saturated heterocycles. The Morgan fingerprint density at radius 1 is 1.28 bits per heavy atom. The Bertz CT molecular complexity index is 1040. The minimum Gasteiger partial charge on any atom is -0.327 e. The van der Waals surface area contributed by atoms with E-state index >= 15 is 0 Å². The van der Waals surface area contributed by atoms with E-state index in [1.807, 2.05) is 35.8 Å². The zero-order valence-electron chi connectivity index (χ0n) is 14.6. The van der Waals surface area contributed by atoms with Gasteiger partial charge < -0.3 is 4.57 Å². The van der Waals surface area contributed by atoms with Crippen LogP contribution in [0, 0.1) is 6.92 Å². The molecule has 0 aliphatic carbocycles. The van der Waals surface area contributed by atoms with E-state index in [1.165, 1.54) is 16.0 Å². The summed E-state index contributed by atoms with van der Waals surface area (Å²) in [5.41, 5.74) is 2.21. The van der Waals surface area contributed by atoms with Crippen LogP contribution in [-0.4, -0.2) is 39.1 Å². The molecule has 0 bridgehead atoms. The average molecular weight is 382 g/mol. The normalized spacial score (nSPS) is 12.4. The highest BCUT2D eigenvalue weighted by Crippen LogP contribution is 2.28. The van der Waals surface area contributed by atoms with Crippen LogP contribution in [0.1, 0.15) is 18.4 Å². The fourth-order valence-corrected chi connectivity index (χ4v) is 4.77. The second-order valence-electron chi connectivity index (χ2n) is 5.85. The molecule has 7 nitrogen and oxygen atoms in total. The smallest absolute Gasteiger partial charge is 0.248 e. The van der Waals surface area contributed by atoms with Crippen molar-refractivity contribution in [2.45, 2.75) is 31.8 Å². The largest absolute Gasteiger partial charge is 0.327 e. The number of fused-ring (bicyclic) bond motifs is 1. The van der Waals surface area contributed by atoms with Gasteiger partial charge in [0.25, 0.3) is 0 Å². The molecule has 0 fully saturated rings. The highest BCUT2D eigenvalue weighted by Gasteiger charge is 2.30. The van der Waals surface area contributed by atoms with Crippen molar-refractivity contribution in [1.82, 2.24) is 23.6 Å². The number of hydrogen-bond acceptors (Lipinski definition) is 4. The van der Waals surface area contributed by atoms with Crippen molar-refractivity contribution >= 4 is 32.7 Å². The molecular weight excluding hydrogens is 362 g/mol. The molecule has 3 rings (SSSR count). The molecule has 3 aromatic rings. The van der Waals surface area contributed by atoms with Crippen LogP contribution in [0.3, 0.4) is 0 Å². The number of nitrogens with zero attached hydrogens (tertiary/aromatic N) is 5. The van der Waals surface area contributed by atoms with Crippen molar-refractivity contribution in [1.29, 1.82) is 0 Å². The van der Waals surface area contributed by atoms with Gasteiger partial charge in [-0.05, 0) is 26.0 Å². The summed E-state index contributed by atoms with van der Waals surface area (Å²) in [5, 5.41) is 4.20. The molecule has 2 aromatic heterocycles. The van der Waals surface area contributed by atoms with Crippen molar-refractivity contribution in [3.05, 3.63) is 40.9 Å². The summed E-state index contributed by atoms with van der Waals surface area (Å²) in [6.07, 6.45) is 0. The van der Waals surface area contributed by atoms with E-state index in [2.05, 4.69) is 10.1 Å². The number of imidazole rings is 1. The Balaban J connectivity index is 2.01. The quantitative estimate of drug-likeness (QED) is 0.680. The van der Waals surface area contributed by atoms with Crippen LogP contribution in [0.15, 0.2) is 29.2 Å². The van der Waals surface area contributed by atoms with Gasteiger partial charge in [0.15, 0.2) is 0 Å². The van der Waals surface area contributed by atoms with Crippen molar-refractivity contribution in [3.8, 4) is 0 Å². The van der Waals surface area contributed by atoms with Gasteiger partial charge >= 0.3 is 0 Å². The van der Waals surface area contributed by atoms with Gasteiger partial charge in [-0.15, -0.1) is 0 Å². The molecule has 0 N–H and O–H groups in total. The molecule has 9 heteroatoms. The molecule has 1 aromatic carbocycles. The van der Waals surface area contributed by atoms with Crippen LogP contribution in [0.2, 0.25) is 5.15 Å². The fourth-order valence-electron chi connectivity index (χ4n) is 2.94. The van der Waals surface area contributed by atoms with Crippen LogP contribution in [0.5, 0.6) is 0 Å². The third-order valence-electron chi connectivity index (χ3n) is 4.18. The summed E-state index contributed by atoms with van der Waals surface area (Å²) in [5.74, 6) is 0.687. The fraction of sp³-hybridized carbons (Fsp3) is 0.375. The molecule has 134 valence electrons. The summed E-state index contributed by atoms with van der Waals surface area (Å²) < 4.78 is 30.5. The molecule has 0 amide bonds. The van der Waals surface area contributed by atoms with Crippen molar-refractivity contribution in [2.24, 2.45) is 7.05 Å². The third-order valence-corrected chi connectivity index (χ3v) is 6.68. The van der Waals surface area contributed by atoms with Gasteiger partial charge in [0.1, 0.15) is 15.9 Å². The number of aryl methyl sites for hydroxylation is 3. The standard InChI is InChI=1S/C16H20ClN5O2S/c1-5-22-13-9-7-6-8-12(13)18-14(22)10-20(3)25(23,24)15-11(2)19-21(4)16(15)17/h6-9H,5,10H2,1-4H3. The minimum absolute atomic E-state index is 0.0401. The maximum Gasteiger partial charge on any atom is 0.248 e. The van der Waals surface area contributed by atoms with Gasteiger partial charge in [-0.3, -0.25) is 4.68 Å². The van der Waals surface area contributed by atoms with E-state index in [0.29, 0.717) is 18.1 Å². The Labute approximate surface area is 151 Å². The van der Waals surface area contributed by atoms with E-state index in [1.54, 1.807) is 14.0 Å². The number of halogens is 1. The van der Waals surface area contributed by atoms with E-state index < -0.39 is 10.0 Å². The lowest BCUT2D eigenvalue weighted by Crippen LogP contribution is -2.28. The monoisotopic (exact) mass is 381 g/mol. The van der Waals surface area contributed by atoms with Gasteiger partial charge in [-0.25, -0.2) is 13.4 Å². The number of hydrogen-bond donors (Lipinski definition) is 0. The minimum atomic E-state index is -3.78. The van der Waals surface area contributed by atoms with Crippen LogP contribution >= 0.6 is 11.6 Å². The number of benzene rings is 1. The lowest BCUT2D eigenvalue weighted by Gasteiger charge is -2.17. The Morgan fingerprint density at radius 2 is 1.96 bits per heavy atom. The Morgan fingerprint density at radius 3 is 2.56 bits per heavy atom. The summed E-state index contributed by atoms with van der Waals surface area (Å²) in [4.78, 5) is 4.62. The predicted octanol–water partition coefficient (Wildman–Crippen LogP) is 2.57. The highest BCUT2D eigenvalue weighted by atomic mass is 35.5. The van der Waals surface area contributed by atoms with Crippen molar-refractivity contribution in [3.63, 3.8) is 0 Å². The summed E-state index contributed by atoms with van der Waals surface area (Å²) in [6, 6.07) is 7.76. The second kappa shape index (κ2) is 6.44. The van der Waals surface area contributed by atoms with Gasteiger partial charge in [-0.2, -0.15) is 9.40 Å². The number of aromatic nitrogens is 4. The summed E-state index contributed by atoms with van der Waals surface area (Å²) in [7, 11) is -0.634. The molecule has 25 heavy (non-hydrogen) atoms. The summed E-state index contributed by atoms with van der Waals surface area (Å²) in [6.45, 7) is 4.49. The molecule has 0 radical (unpaired) electrons. The molecule has 0 spiro atoms. The Hall–Kier alpha value is -1.90. The number of rotatable bonds is 5. The molecular formula is C16H20ClN5O2S. The first kappa shape index (κ1) is 17.9. The van der Waals surface area contributed by atoms with Crippen molar-refractivity contribution < 1.29 is 8.42 Å². The maximum atomic E-state index is 13.0. The lowest BCUT2D eigenvalue weighted by atomic mass is 10.3. The maximum absolute atomic E-state index is 13.0. The van der Waals surface area contributed by atoms with Crippen LogP contribution in [-0.2, 0) is 30.2 Å². The van der Waals surface area contributed by atoms with Crippen LogP contribution in [0.4, 0.5) is 0 Å². The van der Waals surface area contributed by atoms with E-state index in [9.17, 15) is 8.42 Å². The second-order valence-corrected chi connectivity index (χ2v) is 8.19. The van der Waals surface area contributed by atoms with E-state index in [0.717, 1.165) is 11.0 Å².